The predicted octanol–water partition coefficient (Wildman–Crippen LogP) is 2.51. The second kappa shape index (κ2) is 5.89. The van der Waals surface area contributed by atoms with Crippen LogP contribution in [0, 0.1) is 5.92 Å². The Hall–Kier alpha value is -0.120. The smallest absolute Gasteiger partial charge is 0.0600 e. The van der Waals surface area contributed by atoms with Gasteiger partial charge in [0.15, 0.2) is 0 Å². The van der Waals surface area contributed by atoms with Gasteiger partial charge in [0.2, 0.25) is 0 Å². The molecule has 1 rings (SSSR count). The molecule has 18 heavy (non-hydrogen) atoms. The Labute approximate surface area is 113 Å². The van der Waals surface area contributed by atoms with E-state index in [0.29, 0.717) is 12.0 Å². The quantitative estimate of drug-likeness (QED) is 0.836. The van der Waals surface area contributed by atoms with E-state index in [1.165, 1.54) is 0 Å². The average molecular weight is 256 g/mol. The molecule has 0 aliphatic carbocycles. The summed E-state index contributed by atoms with van der Waals surface area (Å²) in [6.45, 7) is 19.6. The summed E-state index contributed by atoms with van der Waals surface area (Å²) in [6, 6.07) is 0.604. The van der Waals surface area contributed by atoms with Gasteiger partial charge in [-0.25, -0.2) is 0 Å². The summed E-state index contributed by atoms with van der Waals surface area (Å²) in [7, 11) is 0. The van der Waals surface area contributed by atoms with Crippen LogP contribution in [0.4, 0.5) is 0 Å². The molecule has 0 aromatic heterocycles. The van der Waals surface area contributed by atoms with Gasteiger partial charge in [-0.3, -0.25) is 4.90 Å². The monoisotopic (exact) mass is 256 g/mol. The zero-order valence-electron chi connectivity index (χ0n) is 13.3. The van der Waals surface area contributed by atoms with Gasteiger partial charge in [-0.2, -0.15) is 0 Å². The van der Waals surface area contributed by atoms with Crippen LogP contribution in [0.2, 0.25) is 0 Å². The van der Waals surface area contributed by atoms with E-state index in [4.69, 9.17) is 4.74 Å². The lowest BCUT2D eigenvalue weighted by molar-refractivity contribution is -0.0352. The molecular weight excluding hydrogens is 224 g/mol. The molecule has 3 nitrogen and oxygen atoms in total. The highest BCUT2D eigenvalue weighted by Crippen LogP contribution is 2.21. The molecule has 0 bridgehead atoms. The maximum atomic E-state index is 5.86. The van der Waals surface area contributed by atoms with E-state index in [2.05, 4.69) is 58.7 Å². The minimum Gasteiger partial charge on any atom is -0.375 e. The number of nitrogens with one attached hydrogen (secondary N) is 1. The molecule has 1 aliphatic heterocycles. The summed E-state index contributed by atoms with van der Waals surface area (Å²) >= 11 is 0. The van der Waals surface area contributed by atoms with Crippen molar-refractivity contribution >= 4 is 0 Å². The van der Waals surface area contributed by atoms with Crippen LogP contribution in [0.25, 0.3) is 0 Å². The highest BCUT2D eigenvalue weighted by atomic mass is 16.5. The van der Waals surface area contributed by atoms with E-state index >= 15 is 0 Å². The van der Waals surface area contributed by atoms with Crippen LogP contribution in [0.5, 0.6) is 0 Å². The van der Waals surface area contributed by atoms with Crippen molar-refractivity contribution in [2.75, 3.05) is 26.2 Å². The second-order valence-electron chi connectivity index (χ2n) is 7.45. The minimum absolute atomic E-state index is 0.0321. The molecule has 0 radical (unpaired) electrons. The van der Waals surface area contributed by atoms with Crippen molar-refractivity contribution in [3.05, 3.63) is 0 Å². The molecule has 1 fully saturated rings. The molecule has 0 aromatic rings. The Morgan fingerprint density at radius 3 is 2.44 bits per heavy atom. The summed E-state index contributed by atoms with van der Waals surface area (Å²) < 4.78 is 5.86. The fourth-order valence-electron chi connectivity index (χ4n) is 2.34. The highest BCUT2D eigenvalue weighted by Gasteiger charge is 2.34. The third kappa shape index (κ3) is 4.87. The summed E-state index contributed by atoms with van der Waals surface area (Å²) in [6.07, 6.45) is 0. The number of rotatable bonds is 4. The maximum absolute atomic E-state index is 5.86. The van der Waals surface area contributed by atoms with Crippen molar-refractivity contribution in [3.63, 3.8) is 0 Å². The van der Waals surface area contributed by atoms with Gasteiger partial charge in [-0.05, 0) is 40.5 Å². The fraction of sp³-hybridized carbons (Fsp3) is 1.00. The minimum atomic E-state index is -0.0321. The first-order valence-electron chi connectivity index (χ1n) is 7.24. The number of nitrogens with zero attached hydrogens (tertiary/aromatic N) is 1. The Kier molecular flexibility index (Phi) is 5.22. The summed E-state index contributed by atoms with van der Waals surface area (Å²) in [4.78, 5) is 2.57. The van der Waals surface area contributed by atoms with Gasteiger partial charge in [0.25, 0.3) is 0 Å². The first-order valence-corrected chi connectivity index (χ1v) is 7.24. The molecule has 1 aliphatic rings. The standard InChI is InChI=1S/C15H32N2O/c1-12(2)13-10-17(15(6,7)11-16-13)8-9-18-14(3,4)5/h12-13,16H,8-11H2,1-7H3. The van der Waals surface area contributed by atoms with Gasteiger partial charge >= 0.3 is 0 Å². The van der Waals surface area contributed by atoms with Crippen LogP contribution < -0.4 is 5.32 Å². The third-order valence-electron chi connectivity index (χ3n) is 3.77. The third-order valence-corrected chi connectivity index (χ3v) is 3.77. The zero-order chi connectivity index (χ0) is 14.0. The Morgan fingerprint density at radius 2 is 1.94 bits per heavy atom. The van der Waals surface area contributed by atoms with Gasteiger partial charge < -0.3 is 10.1 Å². The molecule has 1 unspecified atom stereocenters. The number of piperazine rings is 1. The molecule has 0 aromatic carbocycles. The average Bonchev–Trinajstić information content (AvgIpc) is 2.18. The first-order chi connectivity index (χ1) is 8.12. The molecule has 1 saturated heterocycles. The van der Waals surface area contributed by atoms with E-state index < -0.39 is 0 Å². The van der Waals surface area contributed by atoms with Crippen LogP contribution in [0.3, 0.4) is 0 Å². The van der Waals surface area contributed by atoms with E-state index in [9.17, 15) is 0 Å². The molecular formula is C15H32N2O. The van der Waals surface area contributed by atoms with Crippen LogP contribution in [0.15, 0.2) is 0 Å². The van der Waals surface area contributed by atoms with Crippen LogP contribution in [-0.2, 0) is 4.74 Å². The van der Waals surface area contributed by atoms with E-state index in [1.54, 1.807) is 0 Å². The van der Waals surface area contributed by atoms with Gasteiger partial charge in [-0.1, -0.05) is 13.8 Å². The van der Waals surface area contributed by atoms with Crippen LogP contribution in [-0.4, -0.2) is 48.3 Å². The van der Waals surface area contributed by atoms with Crippen molar-refractivity contribution in [1.29, 1.82) is 0 Å². The van der Waals surface area contributed by atoms with Crippen molar-refractivity contribution in [2.24, 2.45) is 5.92 Å². The van der Waals surface area contributed by atoms with E-state index in [1.807, 2.05) is 0 Å². The zero-order valence-corrected chi connectivity index (χ0v) is 13.3. The van der Waals surface area contributed by atoms with Crippen molar-refractivity contribution in [3.8, 4) is 0 Å². The SMILES string of the molecule is CC(C)C1CN(CCOC(C)(C)C)C(C)(C)CN1. The largest absolute Gasteiger partial charge is 0.375 e. The Balaban J connectivity index is 2.49. The summed E-state index contributed by atoms with van der Waals surface area (Å²) in [5, 5.41) is 3.66. The topological polar surface area (TPSA) is 24.5 Å². The molecule has 1 heterocycles. The molecule has 1 N–H and O–H groups in total. The van der Waals surface area contributed by atoms with Gasteiger partial charge in [0.05, 0.1) is 12.2 Å². The Bertz CT molecular complexity index is 256. The van der Waals surface area contributed by atoms with Gasteiger partial charge in [0, 0.05) is 31.2 Å². The molecule has 1 atom stereocenters. The Morgan fingerprint density at radius 1 is 1.33 bits per heavy atom. The van der Waals surface area contributed by atoms with Gasteiger partial charge in [-0.15, -0.1) is 0 Å². The predicted molar refractivity (Wildman–Crippen MR) is 78.0 cm³/mol. The van der Waals surface area contributed by atoms with Crippen molar-refractivity contribution < 1.29 is 4.74 Å². The second-order valence-corrected chi connectivity index (χ2v) is 7.45. The lowest BCUT2D eigenvalue weighted by atomic mass is 9.93. The lowest BCUT2D eigenvalue weighted by Crippen LogP contribution is -2.63. The van der Waals surface area contributed by atoms with E-state index in [0.717, 1.165) is 26.2 Å². The lowest BCUT2D eigenvalue weighted by Gasteiger charge is -2.47. The highest BCUT2D eigenvalue weighted by molar-refractivity contribution is 4.93. The first kappa shape index (κ1) is 15.9. The van der Waals surface area contributed by atoms with Gasteiger partial charge in [0.1, 0.15) is 0 Å². The molecule has 0 amide bonds. The normalized spacial score (nSPS) is 25.7. The summed E-state index contributed by atoms with van der Waals surface area (Å²) in [5.74, 6) is 0.687. The molecule has 0 spiro atoms. The molecule has 0 saturated carbocycles. The fourth-order valence-corrected chi connectivity index (χ4v) is 2.34. The maximum Gasteiger partial charge on any atom is 0.0600 e. The van der Waals surface area contributed by atoms with Crippen molar-refractivity contribution in [1.82, 2.24) is 10.2 Å². The number of ether oxygens (including phenoxy) is 1. The van der Waals surface area contributed by atoms with Crippen molar-refractivity contribution in [2.45, 2.75) is 65.6 Å². The van der Waals surface area contributed by atoms with E-state index in [-0.39, 0.29) is 11.1 Å². The number of hydrogen-bond donors (Lipinski definition) is 1. The molecule has 108 valence electrons. The number of hydrogen-bond acceptors (Lipinski definition) is 3. The molecule has 3 heteroatoms. The summed E-state index contributed by atoms with van der Waals surface area (Å²) in [5.41, 5.74) is 0.197. The van der Waals surface area contributed by atoms with Crippen LogP contribution in [0.1, 0.15) is 48.5 Å². The van der Waals surface area contributed by atoms with Crippen LogP contribution >= 0.6 is 0 Å².